The van der Waals surface area contributed by atoms with E-state index in [1.807, 2.05) is 0 Å². The molecule has 0 nitrogen and oxygen atoms in total. The van der Waals surface area contributed by atoms with Crippen LogP contribution in [0.25, 0.3) is 22.3 Å². The summed E-state index contributed by atoms with van der Waals surface area (Å²) < 4.78 is 0.253. The Hall–Kier alpha value is -1.44. The average Bonchev–Trinajstić information content (AvgIpc) is 3.48. The topological polar surface area (TPSA) is 0 Å². The Balaban J connectivity index is 1.69. The van der Waals surface area contributed by atoms with Gasteiger partial charge in [-0.05, 0) is 0 Å². The third kappa shape index (κ3) is 4.01. The summed E-state index contributed by atoms with van der Waals surface area (Å²) in [6.45, 7) is 4.63. The maximum absolute atomic E-state index is 8.79. The molecule has 195 valence electrons. The van der Waals surface area contributed by atoms with Gasteiger partial charge in [-0.15, -0.1) is 0 Å². The van der Waals surface area contributed by atoms with Gasteiger partial charge in [0.2, 0.25) is 0 Å². The monoisotopic (exact) mass is 633 g/mol. The van der Waals surface area contributed by atoms with E-state index in [1.165, 1.54) is 82.3 Å². The number of hydrogen-bond acceptors (Lipinski definition) is 0. The standard InChI is InChI=1S/2C13H9.C8H19Si.2ClH.Zr/c2*1-3-7-12-10(5-1)9-11-6-2-4-8-13(11)12;1-3-5-7-9-8-6-4-2;;;/h2*1-9H;9H,3-8H2,1-2H3;2*1H;/q;;;;;+2/p-2. The van der Waals surface area contributed by atoms with Crippen LogP contribution in [0.2, 0.25) is 12.1 Å². The van der Waals surface area contributed by atoms with E-state index >= 15 is 0 Å². The molecule has 4 heteroatoms. The third-order valence-electron chi connectivity index (χ3n) is 9.36. The van der Waals surface area contributed by atoms with Gasteiger partial charge in [0.1, 0.15) is 0 Å². The van der Waals surface area contributed by atoms with Crippen molar-refractivity contribution in [2.24, 2.45) is 0 Å². The molecule has 0 saturated heterocycles. The third-order valence-corrected chi connectivity index (χ3v) is 57.4. The van der Waals surface area contributed by atoms with E-state index in [4.69, 9.17) is 17.0 Å². The van der Waals surface area contributed by atoms with Crippen LogP contribution >= 0.6 is 17.0 Å². The SMILES string of the molecule is CCCC[SiH](CCCC)[Zr]([Cl])([Cl])([CH]1c2ccccc2-c2ccccc21)[CH]1c2ccccc2-c2ccccc21. The summed E-state index contributed by atoms with van der Waals surface area (Å²) in [6.07, 6.45) is 4.86. The molecule has 2 aliphatic rings. The summed E-state index contributed by atoms with van der Waals surface area (Å²) in [5.41, 5.74) is 10.9. The van der Waals surface area contributed by atoms with E-state index < -0.39 is 21.5 Å². The maximum atomic E-state index is 8.79. The molecule has 2 aliphatic carbocycles. The van der Waals surface area contributed by atoms with Crippen LogP contribution in [0.3, 0.4) is 0 Å². The van der Waals surface area contributed by atoms with Crippen LogP contribution in [0.5, 0.6) is 0 Å². The Morgan fingerprint density at radius 2 is 0.816 bits per heavy atom. The second-order valence-electron chi connectivity index (χ2n) is 11.4. The number of rotatable bonds is 9. The molecule has 0 radical (unpaired) electrons. The van der Waals surface area contributed by atoms with Crippen LogP contribution in [0.4, 0.5) is 0 Å². The molecule has 0 N–H and O–H groups in total. The average molecular weight is 636 g/mol. The van der Waals surface area contributed by atoms with Crippen LogP contribution in [-0.4, -0.2) is 5.92 Å². The fraction of sp³-hybridized carbons (Fsp3) is 0.294. The van der Waals surface area contributed by atoms with Gasteiger partial charge in [-0.3, -0.25) is 0 Å². The van der Waals surface area contributed by atoms with Crippen molar-refractivity contribution in [2.75, 3.05) is 0 Å². The summed E-state index contributed by atoms with van der Waals surface area (Å²) >= 11 is -4.84. The van der Waals surface area contributed by atoms with Crippen LogP contribution in [0, 0.1) is 0 Å². The van der Waals surface area contributed by atoms with Gasteiger partial charge >= 0.3 is 239 Å². The van der Waals surface area contributed by atoms with Gasteiger partial charge in [0, 0.05) is 0 Å². The zero-order chi connectivity index (χ0) is 26.4. The molecule has 0 aliphatic heterocycles. The Morgan fingerprint density at radius 1 is 0.526 bits per heavy atom. The normalized spacial score (nSPS) is 15.6. The molecule has 0 unspecified atom stereocenters. The van der Waals surface area contributed by atoms with Crippen molar-refractivity contribution < 1.29 is 15.6 Å². The zero-order valence-electron chi connectivity index (χ0n) is 22.5. The number of unbranched alkanes of at least 4 members (excludes halogenated alkanes) is 2. The number of fused-ring (bicyclic) bond motifs is 6. The van der Waals surface area contributed by atoms with E-state index in [0.717, 1.165) is 0 Å². The predicted molar refractivity (Wildman–Crippen MR) is 166 cm³/mol. The Morgan fingerprint density at radius 3 is 1.11 bits per heavy atom. The molecule has 0 saturated carbocycles. The fourth-order valence-electron chi connectivity index (χ4n) is 7.73. The first-order valence-electron chi connectivity index (χ1n) is 14.4. The van der Waals surface area contributed by atoms with Gasteiger partial charge in [-0.2, -0.15) is 0 Å². The van der Waals surface area contributed by atoms with Crippen molar-refractivity contribution in [1.82, 2.24) is 0 Å². The Bertz CT molecular complexity index is 1280. The van der Waals surface area contributed by atoms with Crippen LogP contribution in [0.15, 0.2) is 97.1 Å². The molecule has 0 fully saturated rings. The molecular formula is C34H37Cl2SiZr. The van der Waals surface area contributed by atoms with E-state index in [-0.39, 0.29) is 7.25 Å². The van der Waals surface area contributed by atoms with Crippen molar-refractivity contribution >= 4 is 22.9 Å². The van der Waals surface area contributed by atoms with Crippen molar-refractivity contribution in [3.8, 4) is 22.3 Å². The molecule has 0 heterocycles. The van der Waals surface area contributed by atoms with E-state index in [9.17, 15) is 0 Å². The van der Waals surface area contributed by atoms with Crippen LogP contribution in [-0.2, 0) is 15.6 Å². The van der Waals surface area contributed by atoms with Gasteiger partial charge in [-0.1, -0.05) is 0 Å². The van der Waals surface area contributed by atoms with E-state index in [0.29, 0.717) is 0 Å². The summed E-state index contributed by atoms with van der Waals surface area (Å²) in [4.78, 5) is 0. The quantitative estimate of drug-likeness (QED) is 0.161. The van der Waals surface area contributed by atoms with Crippen molar-refractivity contribution in [3.05, 3.63) is 119 Å². The second kappa shape index (κ2) is 10.5. The first-order valence-corrected chi connectivity index (χ1v) is 30.1. The molecule has 0 amide bonds. The summed E-state index contributed by atoms with van der Waals surface area (Å²) in [7, 11) is 17.6. The number of benzene rings is 4. The molecule has 0 bridgehead atoms. The number of hydrogen-bond donors (Lipinski definition) is 0. The Labute approximate surface area is 237 Å². The minimum absolute atomic E-state index is 0.127. The summed E-state index contributed by atoms with van der Waals surface area (Å²) in [5.74, 6) is -1.62. The van der Waals surface area contributed by atoms with Crippen LogP contribution in [0.1, 0.15) is 69.0 Å². The second-order valence-corrected chi connectivity index (χ2v) is 51.7. The van der Waals surface area contributed by atoms with Gasteiger partial charge in [0.15, 0.2) is 0 Å². The first-order chi connectivity index (χ1) is 18.5. The summed E-state index contributed by atoms with van der Waals surface area (Å²) in [5, 5.41) is 0. The van der Waals surface area contributed by atoms with Crippen LogP contribution < -0.4 is 0 Å². The van der Waals surface area contributed by atoms with Gasteiger partial charge < -0.3 is 0 Å². The number of halogens is 2. The molecule has 0 atom stereocenters. The first kappa shape index (κ1) is 26.8. The zero-order valence-corrected chi connectivity index (χ0v) is 27.6. The van der Waals surface area contributed by atoms with Crippen molar-refractivity contribution in [1.29, 1.82) is 0 Å². The van der Waals surface area contributed by atoms with Gasteiger partial charge in [-0.25, -0.2) is 0 Å². The molecule has 4 aromatic rings. The molecular weight excluding hydrogens is 599 g/mol. The fourth-order valence-corrected chi connectivity index (χ4v) is 56.7. The van der Waals surface area contributed by atoms with Crippen molar-refractivity contribution in [3.63, 3.8) is 0 Å². The molecule has 0 spiro atoms. The molecule has 4 aromatic carbocycles. The predicted octanol–water partition coefficient (Wildman–Crippen LogP) is 10.8. The van der Waals surface area contributed by atoms with Gasteiger partial charge in [0.25, 0.3) is 0 Å². The van der Waals surface area contributed by atoms with Crippen molar-refractivity contribution in [2.45, 2.75) is 58.9 Å². The van der Waals surface area contributed by atoms with E-state index in [1.54, 1.807) is 0 Å². The van der Waals surface area contributed by atoms with Gasteiger partial charge in [0.05, 0.1) is 0 Å². The molecule has 6 rings (SSSR count). The van der Waals surface area contributed by atoms with E-state index in [2.05, 4.69) is 111 Å². The molecule has 38 heavy (non-hydrogen) atoms. The summed E-state index contributed by atoms with van der Waals surface area (Å²) in [6, 6.07) is 38.5. The molecule has 0 aromatic heterocycles. The Kier molecular flexibility index (Phi) is 7.41. The minimum atomic E-state index is -4.84.